The zero-order chi connectivity index (χ0) is 12.4. The van der Waals surface area contributed by atoms with Crippen LogP contribution in [0.4, 0.5) is 0 Å². The standard InChI is InChI=1S/C12H19N3O2/c1-8-11(9(2)14-13-8)12(17)15-6-3-4-10(15)5-7-16/h10,16H,3-7H2,1-2H3,(H,13,14). The molecule has 0 aromatic carbocycles. The second kappa shape index (κ2) is 4.87. The molecule has 2 N–H and O–H groups in total. The number of aromatic amines is 1. The molecule has 2 rings (SSSR count). The maximum absolute atomic E-state index is 12.4. The number of H-pyrrole nitrogens is 1. The van der Waals surface area contributed by atoms with Gasteiger partial charge in [0, 0.05) is 24.9 Å². The minimum Gasteiger partial charge on any atom is -0.396 e. The molecule has 1 aromatic heterocycles. The van der Waals surface area contributed by atoms with Crippen LogP contribution >= 0.6 is 0 Å². The molecule has 17 heavy (non-hydrogen) atoms. The second-order valence-corrected chi connectivity index (χ2v) is 4.62. The molecular formula is C12H19N3O2. The number of likely N-dealkylation sites (tertiary alicyclic amines) is 1. The van der Waals surface area contributed by atoms with E-state index >= 15 is 0 Å². The van der Waals surface area contributed by atoms with Gasteiger partial charge in [0.2, 0.25) is 0 Å². The maximum Gasteiger partial charge on any atom is 0.257 e. The van der Waals surface area contributed by atoms with Gasteiger partial charge in [-0.15, -0.1) is 0 Å². The first-order valence-corrected chi connectivity index (χ1v) is 6.08. The average molecular weight is 237 g/mol. The Morgan fingerprint density at radius 1 is 1.59 bits per heavy atom. The quantitative estimate of drug-likeness (QED) is 0.824. The number of carbonyl (C=O) groups is 1. The third kappa shape index (κ3) is 2.20. The van der Waals surface area contributed by atoms with E-state index in [-0.39, 0.29) is 18.6 Å². The molecule has 0 spiro atoms. The Bertz CT molecular complexity index is 394. The second-order valence-electron chi connectivity index (χ2n) is 4.62. The number of hydrogen-bond donors (Lipinski definition) is 2. The van der Waals surface area contributed by atoms with E-state index in [0.717, 1.165) is 30.8 Å². The Labute approximate surface area is 101 Å². The fourth-order valence-electron chi connectivity index (χ4n) is 2.56. The molecule has 0 radical (unpaired) electrons. The summed E-state index contributed by atoms with van der Waals surface area (Å²) in [5, 5.41) is 15.9. The van der Waals surface area contributed by atoms with Crippen molar-refractivity contribution in [2.75, 3.05) is 13.2 Å². The van der Waals surface area contributed by atoms with Crippen LogP contribution in [0.1, 0.15) is 41.0 Å². The maximum atomic E-state index is 12.4. The highest BCUT2D eigenvalue weighted by Gasteiger charge is 2.31. The molecule has 0 bridgehead atoms. The van der Waals surface area contributed by atoms with Gasteiger partial charge in [-0.1, -0.05) is 0 Å². The molecular weight excluding hydrogens is 218 g/mol. The van der Waals surface area contributed by atoms with Crippen LogP contribution in [0.15, 0.2) is 0 Å². The summed E-state index contributed by atoms with van der Waals surface area (Å²) >= 11 is 0. The van der Waals surface area contributed by atoms with Crippen molar-refractivity contribution >= 4 is 5.91 Å². The van der Waals surface area contributed by atoms with Crippen LogP contribution in [0.25, 0.3) is 0 Å². The van der Waals surface area contributed by atoms with Gasteiger partial charge in [-0.3, -0.25) is 9.89 Å². The van der Waals surface area contributed by atoms with Crippen molar-refractivity contribution in [3.05, 3.63) is 17.0 Å². The van der Waals surface area contributed by atoms with Crippen molar-refractivity contribution < 1.29 is 9.90 Å². The van der Waals surface area contributed by atoms with Gasteiger partial charge in [-0.2, -0.15) is 5.10 Å². The molecule has 94 valence electrons. The summed E-state index contributed by atoms with van der Waals surface area (Å²) in [6, 6.07) is 0.182. The SMILES string of the molecule is Cc1n[nH]c(C)c1C(=O)N1CCCC1CCO. The largest absolute Gasteiger partial charge is 0.396 e. The molecule has 1 saturated heterocycles. The Morgan fingerprint density at radius 3 is 2.94 bits per heavy atom. The normalized spacial score (nSPS) is 19.9. The Hall–Kier alpha value is -1.36. The predicted molar refractivity (Wildman–Crippen MR) is 63.8 cm³/mol. The van der Waals surface area contributed by atoms with Gasteiger partial charge in [0.05, 0.1) is 11.3 Å². The van der Waals surface area contributed by atoms with Crippen molar-refractivity contribution in [3.63, 3.8) is 0 Å². The van der Waals surface area contributed by atoms with Crippen LogP contribution < -0.4 is 0 Å². The van der Waals surface area contributed by atoms with E-state index in [2.05, 4.69) is 10.2 Å². The van der Waals surface area contributed by atoms with E-state index < -0.39 is 0 Å². The van der Waals surface area contributed by atoms with Gasteiger partial charge in [0.1, 0.15) is 0 Å². The van der Waals surface area contributed by atoms with Gasteiger partial charge >= 0.3 is 0 Å². The summed E-state index contributed by atoms with van der Waals surface area (Å²) in [6.07, 6.45) is 2.68. The highest BCUT2D eigenvalue weighted by atomic mass is 16.3. The molecule has 0 aliphatic carbocycles. The number of nitrogens with zero attached hydrogens (tertiary/aromatic N) is 2. The number of amides is 1. The average Bonchev–Trinajstić information content (AvgIpc) is 2.86. The topological polar surface area (TPSA) is 69.2 Å². The monoisotopic (exact) mass is 237 g/mol. The molecule has 2 heterocycles. The number of rotatable bonds is 3. The molecule has 1 aliphatic rings. The lowest BCUT2D eigenvalue weighted by molar-refractivity contribution is 0.0715. The summed E-state index contributed by atoms with van der Waals surface area (Å²) in [7, 11) is 0. The lowest BCUT2D eigenvalue weighted by Gasteiger charge is -2.24. The van der Waals surface area contributed by atoms with Gasteiger partial charge in [0.25, 0.3) is 5.91 Å². The first-order chi connectivity index (χ1) is 8.15. The van der Waals surface area contributed by atoms with E-state index in [1.807, 2.05) is 18.7 Å². The third-order valence-electron chi connectivity index (χ3n) is 3.44. The number of nitrogens with one attached hydrogen (secondary N) is 1. The molecule has 1 unspecified atom stereocenters. The van der Waals surface area contributed by atoms with E-state index in [1.54, 1.807) is 0 Å². The number of hydrogen-bond acceptors (Lipinski definition) is 3. The minimum atomic E-state index is 0.0460. The molecule has 5 heteroatoms. The van der Waals surface area contributed by atoms with Crippen molar-refractivity contribution in [2.45, 2.75) is 39.2 Å². The van der Waals surface area contributed by atoms with E-state index in [1.165, 1.54) is 0 Å². The van der Waals surface area contributed by atoms with E-state index in [4.69, 9.17) is 5.11 Å². The first-order valence-electron chi connectivity index (χ1n) is 6.08. The van der Waals surface area contributed by atoms with E-state index in [9.17, 15) is 4.79 Å². The van der Waals surface area contributed by atoms with E-state index in [0.29, 0.717) is 12.0 Å². The fourth-order valence-corrected chi connectivity index (χ4v) is 2.56. The molecule has 1 amide bonds. The molecule has 1 aliphatic heterocycles. The molecule has 0 saturated carbocycles. The zero-order valence-electron chi connectivity index (χ0n) is 10.4. The number of aliphatic hydroxyl groups is 1. The van der Waals surface area contributed by atoms with Crippen LogP contribution in [0.5, 0.6) is 0 Å². The molecule has 1 fully saturated rings. The molecule has 5 nitrogen and oxygen atoms in total. The number of aliphatic hydroxyl groups excluding tert-OH is 1. The lowest BCUT2D eigenvalue weighted by Crippen LogP contribution is -2.36. The lowest BCUT2D eigenvalue weighted by atomic mass is 10.1. The highest BCUT2D eigenvalue weighted by Crippen LogP contribution is 2.24. The number of aromatic nitrogens is 2. The van der Waals surface area contributed by atoms with Crippen LogP contribution in [-0.4, -0.2) is 45.3 Å². The Kier molecular flexibility index (Phi) is 3.47. The van der Waals surface area contributed by atoms with Gasteiger partial charge in [-0.05, 0) is 33.1 Å². The summed E-state index contributed by atoms with van der Waals surface area (Å²) in [6.45, 7) is 4.63. The zero-order valence-corrected chi connectivity index (χ0v) is 10.4. The smallest absolute Gasteiger partial charge is 0.257 e. The Balaban J connectivity index is 2.20. The van der Waals surface area contributed by atoms with Crippen molar-refractivity contribution in [1.29, 1.82) is 0 Å². The van der Waals surface area contributed by atoms with Gasteiger partial charge < -0.3 is 10.0 Å². The molecule has 1 aromatic rings. The van der Waals surface area contributed by atoms with Crippen molar-refractivity contribution in [3.8, 4) is 0 Å². The van der Waals surface area contributed by atoms with Crippen LogP contribution in [0.3, 0.4) is 0 Å². The first kappa shape index (κ1) is 12.1. The number of carbonyl (C=O) groups excluding carboxylic acids is 1. The summed E-state index contributed by atoms with van der Waals surface area (Å²) in [5.74, 6) is 0.0460. The summed E-state index contributed by atoms with van der Waals surface area (Å²) in [4.78, 5) is 14.3. The van der Waals surface area contributed by atoms with Crippen molar-refractivity contribution in [2.24, 2.45) is 0 Å². The van der Waals surface area contributed by atoms with Crippen LogP contribution in [0, 0.1) is 13.8 Å². The highest BCUT2D eigenvalue weighted by molar-refractivity contribution is 5.96. The third-order valence-corrected chi connectivity index (χ3v) is 3.44. The summed E-state index contributed by atoms with van der Waals surface area (Å²) < 4.78 is 0. The van der Waals surface area contributed by atoms with Crippen molar-refractivity contribution in [1.82, 2.24) is 15.1 Å². The minimum absolute atomic E-state index is 0.0460. The Morgan fingerprint density at radius 2 is 2.35 bits per heavy atom. The van der Waals surface area contributed by atoms with Crippen LogP contribution in [-0.2, 0) is 0 Å². The van der Waals surface area contributed by atoms with Crippen LogP contribution in [0.2, 0.25) is 0 Å². The molecule has 1 atom stereocenters. The summed E-state index contributed by atoms with van der Waals surface area (Å²) in [5.41, 5.74) is 2.26. The van der Waals surface area contributed by atoms with Gasteiger partial charge in [-0.25, -0.2) is 0 Å². The fraction of sp³-hybridized carbons (Fsp3) is 0.667. The van der Waals surface area contributed by atoms with Gasteiger partial charge in [0.15, 0.2) is 0 Å². The number of aryl methyl sites for hydroxylation is 2. The predicted octanol–water partition coefficient (Wildman–Crippen LogP) is 1.01.